The highest BCUT2D eigenvalue weighted by Gasteiger charge is 2.27. The van der Waals surface area contributed by atoms with Gasteiger partial charge in [-0.3, -0.25) is 18.6 Å². The largest absolute Gasteiger partial charge is 0.480 e. The molecule has 0 amide bonds. The summed E-state index contributed by atoms with van der Waals surface area (Å²) in [6.07, 6.45) is 53.7. The third-order valence-electron chi connectivity index (χ3n) is 11.5. The number of phosphoric ester groups is 1. The Hall–Kier alpha value is -1.55. The summed E-state index contributed by atoms with van der Waals surface area (Å²) in [6.45, 7) is 3.92. The highest BCUT2D eigenvalue weighted by atomic mass is 31.2. The van der Waals surface area contributed by atoms with Crippen molar-refractivity contribution in [3.05, 3.63) is 24.3 Å². The van der Waals surface area contributed by atoms with Crippen LogP contribution in [0.1, 0.15) is 251 Å². The monoisotopic (exact) mass is 900 g/mol. The summed E-state index contributed by atoms with van der Waals surface area (Å²) in [4.78, 5) is 33.7. The van der Waals surface area contributed by atoms with Crippen LogP contribution in [0.15, 0.2) is 24.3 Å². The molecule has 0 aliphatic heterocycles. The van der Waals surface area contributed by atoms with E-state index in [4.69, 9.17) is 29.4 Å². The standard InChI is InChI=1S/C51H98NO9P/c1-3-5-7-9-11-13-15-17-19-21-23-24-25-26-28-30-32-34-36-38-40-42-44-58-45-48(46-59-62(56,57)60-47-49(52)51(54)55)61-50(53)43-41-39-37-35-33-31-29-27-22-20-18-16-14-12-10-8-6-4-2/h15,17,21,23,48-49H,3-14,16,18-20,22,24-47,52H2,1-2H3,(H,54,55)(H,56,57)/b17-15-,23-21-. The zero-order valence-corrected chi connectivity index (χ0v) is 41.1. The summed E-state index contributed by atoms with van der Waals surface area (Å²) >= 11 is 0. The molecule has 0 spiro atoms. The van der Waals surface area contributed by atoms with Crippen LogP contribution >= 0.6 is 7.82 Å². The average molecular weight is 900 g/mol. The number of allylic oxidation sites excluding steroid dienone is 4. The van der Waals surface area contributed by atoms with Gasteiger partial charge in [0.25, 0.3) is 0 Å². The van der Waals surface area contributed by atoms with Gasteiger partial charge in [-0.15, -0.1) is 0 Å². The number of esters is 1. The Morgan fingerprint density at radius 1 is 0.516 bits per heavy atom. The van der Waals surface area contributed by atoms with Crippen LogP contribution in [0.4, 0.5) is 0 Å². The van der Waals surface area contributed by atoms with Gasteiger partial charge < -0.3 is 25.2 Å². The highest BCUT2D eigenvalue weighted by molar-refractivity contribution is 7.47. The van der Waals surface area contributed by atoms with Crippen LogP contribution in [0.25, 0.3) is 0 Å². The molecule has 0 aromatic rings. The molecule has 0 radical (unpaired) electrons. The lowest BCUT2D eigenvalue weighted by Crippen LogP contribution is -2.34. The first kappa shape index (κ1) is 60.5. The molecule has 0 rings (SSSR count). The maximum atomic E-state index is 12.7. The van der Waals surface area contributed by atoms with Gasteiger partial charge in [0.2, 0.25) is 0 Å². The number of ether oxygens (including phenoxy) is 2. The molecule has 0 aliphatic rings. The van der Waals surface area contributed by atoms with Crippen molar-refractivity contribution >= 4 is 19.8 Å². The lowest BCUT2D eigenvalue weighted by molar-refractivity contribution is -0.154. The molecule has 0 bridgehead atoms. The van der Waals surface area contributed by atoms with E-state index < -0.39 is 45.1 Å². The van der Waals surface area contributed by atoms with Crippen LogP contribution in [0.3, 0.4) is 0 Å². The maximum absolute atomic E-state index is 12.7. The minimum absolute atomic E-state index is 0.0194. The molecule has 366 valence electrons. The Bertz CT molecular complexity index is 1090. The van der Waals surface area contributed by atoms with Crippen molar-refractivity contribution in [1.29, 1.82) is 0 Å². The molecule has 0 aromatic carbocycles. The zero-order valence-electron chi connectivity index (χ0n) is 40.2. The number of nitrogens with two attached hydrogens (primary N) is 1. The summed E-state index contributed by atoms with van der Waals surface area (Å²) in [5, 5.41) is 8.93. The SMILES string of the molecule is CCCCCCC/C=C\C/C=C\CCCCCCCCCCCCOCC(COP(=O)(O)OCC(N)C(=O)O)OC(=O)CCCCCCCCCCCCCCCCCCCC. The summed E-state index contributed by atoms with van der Waals surface area (Å²) in [6, 6.07) is -1.47. The third kappa shape index (κ3) is 46.4. The first-order chi connectivity index (χ1) is 30.2. The normalized spacial score (nSPS) is 13.9. The van der Waals surface area contributed by atoms with Crippen LogP contribution in [0, 0.1) is 0 Å². The van der Waals surface area contributed by atoms with E-state index in [-0.39, 0.29) is 13.0 Å². The molecule has 0 fully saturated rings. The summed E-state index contributed by atoms with van der Waals surface area (Å²) in [7, 11) is -4.62. The van der Waals surface area contributed by atoms with Crippen LogP contribution in [0.5, 0.6) is 0 Å². The predicted molar refractivity (Wildman–Crippen MR) is 258 cm³/mol. The smallest absolute Gasteiger partial charge is 0.472 e. The molecule has 0 aliphatic carbocycles. The minimum atomic E-state index is -4.62. The van der Waals surface area contributed by atoms with Crippen molar-refractivity contribution in [3.8, 4) is 0 Å². The number of rotatable bonds is 50. The fourth-order valence-corrected chi connectivity index (χ4v) is 8.24. The Labute approximate surface area is 381 Å². The van der Waals surface area contributed by atoms with Gasteiger partial charge in [-0.1, -0.05) is 224 Å². The van der Waals surface area contributed by atoms with Crippen molar-refractivity contribution in [3.63, 3.8) is 0 Å². The quantitative estimate of drug-likeness (QED) is 0.0233. The van der Waals surface area contributed by atoms with E-state index in [1.54, 1.807) is 0 Å². The van der Waals surface area contributed by atoms with Crippen molar-refractivity contribution in [2.24, 2.45) is 5.73 Å². The second-order valence-corrected chi connectivity index (χ2v) is 19.1. The molecule has 3 unspecified atom stereocenters. The Balaban J connectivity index is 4.11. The van der Waals surface area contributed by atoms with E-state index in [0.29, 0.717) is 6.61 Å². The Kier molecular flexibility index (Phi) is 46.2. The van der Waals surface area contributed by atoms with E-state index >= 15 is 0 Å². The summed E-state index contributed by atoms with van der Waals surface area (Å²) in [5.74, 6) is -1.77. The van der Waals surface area contributed by atoms with E-state index in [1.807, 2.05) is 0 Å². The first-order valence-electron chi connectivity index (χ1n) is 25.9. The Morgan fingerprint density at radius 3 is 1.31 bits per heavy atom. The molecule has 62 heavy (non-hydrogen) atoms. The first-order valence-corrected chi connectivity index (χ1v) is 27.4. The number of carbonyl (C=O) groups excluding carboxylic acids is 1. The second-order valence-electron chi connectivity index (χ2n) is 17.7. The maximum Gasteiger partial charge on any atom is 0.472 e. The molecule has 0 saturated heterocycles. The van der Waals surface area contributed by atoms with Crippen LogP contribution < -0.4 is 5.73 Å². The van der Waals surface area contributed by atoms with Gasteiger partial charge in [0.1, 0.15) is 12.1 Å². The van der Waals surface area contributed by atoms with Gasteiger partial charge in [0.05, 0.1) is 19.8 Å². The summed E-state index contributed by atoms with van der Waals surface area (Å²) < 4.78 is 33.5. The van der Waals surface area contributed by atoms with Crippen LogP contribution in [-0.2, 0) is 32.7 Å². The number of carbonyl (C=O) groups is 2. The zero-order chi connectivity index (χ0) is 45.5. The molecular formula is C51H98NO9P. The number of hydrogen-bond acceptors (Lipinski definition) is 8. The number of carboxylic acids is 1. The molecule has 3 atom stereocenters. The molecule has 0 heterocycles. The number of hydrogen-bond donors (Lipinski definition) is 3. The number of unbranched alkanes of at least 4 members (excludes halogenated alkanes) is 32. The molecule has 10 nitrogen and oxygen atoms in total. The van der Waals surface area contributed by atoms with Crippen molar-refractivity contribution in [2.45, 2.75) is 264 Å². The molecule has 0 aromatic heterocycles. The van der Waals surface area contributed by atoms with E-state index in [9.17, 15) is 19.0 Å². The van der Waals surface area contributed by atoms with Gasteiger partial charge in [0, 0.05) is 13.0 Å². The number of carboxylic acid groups (broad SMARTS) is 1. The van der Waals surface area contributed by atoms with Gasteiger partial charge in [0.15, 0.2) is 0 Å². The fraction of sp³-hybridized carbons (Fsp3) is 0.882. The van der Waals surface area contributed by atoms with E-state index in [0.717, 1.165) is 44.9 Å². The van der Waals surface area contributed by atoms with Gasteiger partial charge >= 0.3 is 19.8 Å². The molecule has 4 N–H and O–H groups in total. The highest BCUT2D eigenvalue weighted by Crippen LogP contribution is 2.43. The van der Waals surface area contributed by atoms with Gasteiger partial charge in [-0.2, -0.15) is 0 Å². The van der Waals surface area contributed by atoms with Gasteiger partial charge in [-0.05, 0) is 44.9 Å². The van der Waals surface area contributed by atoms with Crippen molar-refractivity contribution in [2.75, 3.05) is 26.4 Å². The number of aliphatic carboxylic acids is 1. The molecular weight excluding hydrogens is 802 g/mol. The van der Waals surface area contributed by atoms with E-state index in [1.165, 1.54) is 186 Å². The van der Waals surface area contributed by atoms with Crippen LogP contribution in [0.2, 0.25) is 0 Å². The number of phosphoric acid groups is 1. The second kappa shape index (κ2) is 47.4. The summed E-state index contributed by atoms with van der Waals surface area (Å²) in [5.41, 5.74) is 5.38. The molecule has 11 heteroatoms. The topological polar surface area (TPSA) is 155 Å². The third-order valence-corrected chi connectivity index (χ3v) is 12.4. The molecule has 0 saturated carbocycles. The minimum Gasteiger partial charge on any atom is -0.480 e. The fourth-order valence-electron chi connectivity index (χ4n) is 7.46. The average Bonchev–Trinajstić information content (AvgIpc) is 3.25. The predicted octanol–water partition coefficient (Wildman–Crippen LogP) is 15.0. The van der Waals surface area contributed by atoms with Crippen molar-refractivity contribution < 1.29 is 42.7 Å². The van der Waals surface area contributed by atoms with Gasteiger partial charge in [-0.25, -0.2) is 4.57 Å². The Morgan fingerprint density at radius 2 is 0.887 bits per heavy atom. The lowest BCUT2D eigenvalue weighted by Gasteiger charge is -2.20. The van der Waals surface area contributed by atoms with Crippen molar-refractivity contribution in [1.82, 2.24) is 0 Å². The van der Waals surface area contributed by atoms with E-state index in [2.05, 4.69) is 38.2 Å². The lowest BCUT2D eigenvalue weighted by atomic mass is 10.0. The van der Waals surface area contributed by atoms with Crippen LogP contribution in [-0.4, -0.2) is 60.5 Å².